The molecule has 8 heteroatoms. The van der Waals surface area contributed by atoms with Gasteiger partial charge in [0.05, 0.1) is 10.9 Å². The summed E-state index contributed by atoms with van der Waals surface area (Å²) in [6.07, 6.45) is 4.82. The molecular weight excluding hydrogens is 425 g/mol. The molecule has 1 saturated heterocycles. The number of nitrogens with one attached hydrogen (secondary N) is 1. The van der Waals surface area contributed by atoms with Crippen LogP contribution < -0.4 is 30.0 Å². The molecule has 7 nitrogen and oxygen atoms in total. The van der Waals surface area contributed by atoms with Gasteiger partial charge in [0.1, 0.15) is 25.1 Å². The summed E-state index contributed by atoms with van der Waals surface area (Å²) in [7, 11) is 0. The Hall–Kier alpha value is -3.26. The van der Waals surface area contributed by atoms with Gasteiger partial charge in [0.2, 0.25) is 5.75 Å². The first kappa shape index (κ1) is 21.6. The van der Waals surface area contributed by atoms with Crippen molar-refractivity contribution in [3.8, 4) is 28.7 Å². The van der Waals surface area contributed by atoms with Gasteiger partial charge in [-0.2, -0.15) is 0 Å². The van der Waals surface area contributed by atoms with Gasteiger partial charge in [-0.1, -0.05) is 6.92 Å². The number of hydrogen-bond donors (Lipinski definition) is 2. The predicted molar refractivity (Wildman–Crippen MR) is 124 cm³/mol. The number of nitrogens with two attached hydrogens (primary N) is 1. The zero-order chi connectivity index (χ0) is 22.8. The smallest absolute Gasteiger partial charge is 0.204 e. The number of nitrogens with zero attached hydrogens (tertiary/aromatic N) is 1. The molecule has 2 atom stereocenters. The summed E-state index contributed by atoms with van der Waals surface area (Å²) < 4.78 is 38.8. The van der Waals surface area contributed by atoms with Gasteiger partial charge in [0.15, 0.2) is 23.1 Å². The Labute approximate surface area is 192 Å². The van der Waals surface area contributed by atoms with E-state index in [4.69, 9.17) is 24.7 Å². The maximum atomic E-state index is 14.4. The molecule has 2 aliphatic rings. The monoisotopic (exact) mass is 453 g/mol. The van der Waals surface area contributed by atoms with E-state index in [0.29, 0.717) is 58.7 Å². The number of ether oxygens (including phenoxy) is 4. The molecule has 0 spiro atoms. The first-order valence-corrected chi connectivity index (χ1v) is 11.5. The SMILES string of the molecule is CCC(Oc1cc2nccc(Oc3ccc(N)cc3F)c2c2c1OCCO2)C1CCCNC1. The number of benzene rings is 2. The van der Waals surface area contributed by atoms with Gasteiger partial charge in [-0.15, -0.1) is 0 Å². The fraction of sp³-hybridized carbons (Fsp3) is 0.400. The van der Waals surface area contributed by atoms with E-state index < -0.39 is 5.82 Å². The molecule has 3 heterocycles. The molecule has 3 aromatic rings. The molecule has 0 saturated carbocycles. The van der Waals surface area contributed by atoms with Crippen LogP contribution in [0.5, 0.6) is 28.7 Å². The lowest BCUT2D eigenvalue weighted by molar-refractivity contribution is 0.0996. The number of rotatable bonds is 6. The van der Waals surface area contributed by atoms with E-state index in [1.165, 1.54) is 12.1 Å². The molecule has 0 bridgehead atoms. The number of aromatic nitrogens is 1. The third kappa shape index (κ3) is 4.35. The minimum Gasteiger partial charge on any atom is -0.486 e. The highest BCUT2D eigenvalue weighted by molar-refractivity contribution is 5.95. The van der Waals surface area contributed by atoms with Crippen molar-refractivity contribution in [3.63, 3.8) is 0 Å². The fourth-order valence-corrected chi connectivity index (χ4v) is 4.54. The van der Waals surface area contributed by atoms with Crippen LogP contribution >= 0.6 is 0 Å². The van der Waals surface area contributed by atoms with Crippen molar-refractivity contribution in [2.24, 2.45) is 5.92 Å². The number of pyridine rings is 1. The third-order valence-corrected chi connectivity index (χ3v) is 6.16. The van der Waals surface area contributed by atoms with Crippen molar-refractivity contribution in [1.29, 1.82) is 0 Å². The molecular formula is C25H28FN3O4. The van der Waals surface area contributed by atoms with E-state index in [2.05, 4.69) is 17.2 Å². The number of piperidine rings is 1. The highest BCUT2D eigenvalue weighted by Gasteiger charge is 2.29. The fourth-order valence-electron chi connectivity index (χ4n) is 4.54. The number of anilines is 1. The second-order valence-electron chi connectivity index (χ2n) is 8.40. The summed E-state index contributed by atoms with van der Waals surface area (Å²) in [5, 5.41) is 4.08. The van der Waals surface area contributed by atoms with Crippen LogP contribution in [0.3, 0.4) is 0 Å². The molecule has 2 unspecified atom stereocenters. The van der Waals surface area contributed by atoms with Crippen LogP contribution in [-0.4, -0.2) is 37.4 Å². The standard InChI is InChI=1S/C25H28FN3O4/c1-2-19(15-4-3-8-28-14-15)32-22-13-18-23(25-24(22)30-10-11-31-25)21(7-9-29-18)33-20-6-5-16(27)12-17(20)26/h5-7,9,12-13,15,19,28H,2-4,8,10-11,14,27H2,1H3. The van der Waals surface area contributed by atoms with Gasteiger partial charge >= 0.3 is 0 Å². The van der Waals surface area contributed by atoms with Gasteiger partial charge in [-0.05, 0) is 44.0 Å². The zero-order valence-corrected chi connectivity index (χ0v) is 18.6. The van der Waals surface area contributed by atoms with Gasteiger partial charge in [-0.25, -0.2) is 4.39 Å². The minimum atomic E-state index is -0.544. The Balaban J connectivity index is 1.55. The summed E-state index contributed by atoms with van der Waals surface area (Å²) in [6, 6.07) is 7.86. The normalized spacial score (nSPS) is 18.7. The largest absolute Gasteiger partial charge is 0.486 e. The van der Waals surface area contributed by atoms with Crippen LogP contribution in [0.15, 0.2) is 36.5 Å². The van der Waals surface area contributed by atoms with E-state index in [0.717, 1.165) is 32.4 Å². The summed E-state index contributed by atoms with van der Waals surface area (Å²) in [5.74, 6) is 2.02. The molecule has 1 fully saturated rings. The van der Waals surface area contributed by atoms with E-state index >= 15 is 0 Å². The first-order valence-electron chi connectivity index (χ1n) is 11.5. The summed E-state index contributed by atoms with van der Waals surface area (Å²) in [6.45, 7) is 4.93. The highest BCUT2D eigenvalue weighted by Crippen LogP contribution is 2.49. The predicted octanol–water partition coefficient (Wildman–Crippen LogP) is 4.68. The molecule has 0 aliphatic carbocycles. The Morgan fingerprint density at radius 1 is 1.15 bits per heavy atom. The van der Waals surface area contributed by atoms with Gasteiger partial charge in [0, 0.05) is 36.5 Å². The molecule has 2 aliphatic heterocycles. The van der Waals surface area contributed by atoms with E-state index in [1.54, 1.807) is 18.3 Å². The van der Waals surface area contributed by atoms with Crippen molar-refractivity contribution in [2.45, 2.75) is 32.3 Å². The molecule has 174 valence electrons. The van der Waals surface area contributed by atoms with Crippen LogP contribution in [0, 0.1) is 11.7 Å². The minimum absolute atomic E-state index is 0.0492. The topological polar surface area (TPSA) is 87.9 Å². The van der Waals surface area contributed by atoms with Crippen molar-refractivity contribution >= 4 is 16.6 Å². The maximum absolute atomic E-state index is 14.4. The molecule has 0 radical (unpaired) electrons. The van der Waals surface area contributed by atoms with E-state index in [1.807, 2.05) is 6.07 Å². The molecule has 33 heavy (non-hydrogen) atoms. The molecule has 5 rings (SSSR count). The van der Waals surface area contributed by atoms with Gasteiger partial charge < -0.3 is 30.0 Å². The Bertz CT molecular complexity index is 1150. The van der Waals surface area contributed by atoms with Crippen LogP contribution in [0.4, 0.5) is 10.1 Å². The molecule has 0 amide bonds. The van der Waals surface area contributed by atoms with Crippen LogP contribution in [-0.2, 0) is 0 Å². The number of nitrogen functional groups attached to an aromatic ring is 1. The molecule has 1 aromatic heterocycles. The van der Waals surface area contributed by atoms with E-state index in [-0.39, 0.29) is 11.9 Å². The van der Waals surface area contributed by atoms with Crippen molar-refractivity contribution < 1.29 is 23.3 Å². The lowest BCUT2D eigenvalue weighted by Crippen LogP contribution is -2.39. The average Bonchev–Trinajstić information content (AvgIpc) is 2.84. The highest BCUT2D eigenvalue weighted by atomic mass is 19.1. The quantitative estimate of drug-likeness (QED) is 0.524. The number of halogens is 1. The molecule has 3 N–H and O–H groups in total. The number of fused-ring (bicyclic) bond motifs is 3. The van der Waals surface area contributed by atoms with Crippen LogP contribution in [0.2, 0.25) is 0 Å². The van der Waals surface area contributed by atoms with Gasteiger partial charge in [-0.3, -0.25) is 4.98 Å². The van der Waals surface area contributed by atoms with Crippen LogP contribution in [0.1, 0.15) is 26.2 Å². The summed E-state index contributed by atoms with van der Waals surface area (Å²) >= 11 is 0. The Kier molecular flexibility index (Phi) is 6.09. The Morgan fingerprint density at radius 2 is 2.00 bits per heavy atom. The van der Waals surface area contributed by atoms with Gasteiger partial charge in [0.25, 0.3) is 0 Å². The van der Waals surface area contributed by atoms with Crippen molar-refractivity contribution in [1.82, 2.24) is 10.3 Å². The average molecular weight is 454 g/mol. The van der Waals surface area contributed by atoms with Crippen LogP contribution in [0.25, 0.3) is 10.9 Å². The van der Waals surface area contributed by atoms with E-state index in [9.17, 15) is 4.39 Å². The summed E-state index contributed by atoms with van der Waals surface area (Å²) in [4.78, 5) is 4.51. The zero-order valence-electron chi connectivity index (χ0n) is 18.6. The number of hydrogen-bond acceptors (Lipinski definition) is 7. The molecule has 2 aromatic carbocycles. The van der Waals surface area contributed by atoms with Crippen molar-refractivity contribution in [3.05, 3.63) is 42.3 Å². The maximum Gasteiger partial charge on any atom is 0.204 e. The lowest BCUT2D eigenvalue weighted by atomic mass is 9.92. The summed E-state index contributed by atoms with van der Waals surface area (Å²) in [5.41, 5.74) is 6.62. The van der Waals surface area contributed by atoms with Crippen molar-refractivity contribution in [2.75, 3.05) is 32.0 Å². The third-order valence-electron chi connectivity index (χ3n) is 6.16. The first-order chi connectivity index (χ1) is 16.1. The lowest BCUT2D eigenvalue weighted by Gasteiger charge is -2.32. The second kappa shape index (κ2) is 9.31. The Morgan fingerprint density at radius 3 is 2.76 bits per heavy atom. The second-order valence-corrected chi connectivity index (χ2v) is 8.40.